The fraction of sp³-hybridized carbons (Fsp3) is 0.579. The molecule has 1 aromatic carbocycles. The Balaban J connectivity index is 1.97. The standard InChI is InChI=1S/C19H29N3O2/c1-13-9-15(16(12-23)17(20)10-13)11-22-7-5-14(6-8-22)18(24)21-19(2,3)4/h9-10,12,14H,5-8,11,20H2,1-4H3,(H,21,24). The van der Waals surface area contributed by atoms with Gasteiger partial charge in [0.25, 0.3) is 0 Å². The molecule has 0 spiro atoms. The highest BCUT2D eigenvalue weighted by Gasteiger charge is 2.27. The average Bonchev–Trinajstić information content (AvgIpc) is 2.45. The molecular formula is C19H29N3O2. The number of aryl methyl sites for hydroxylation is 1. The van der Waals surface area contributed by atoms with Gasteiger partial charge in [-0.25, -0.2) is 0 Å². The maximum absolute atomic E-state index is 12.3. The Hall–Kier alpha value is -1.88. The molecular weight excluding hydrogens is 302 g/mol. The number of carbonyl (C=O) groups is 2. The number of nitrogens with one attached hydrogen (secondary N) is 1. The number of nitrogens with zero attached hydrogens (tertiary/aromatic N) is 1. The van der Waals surface area contributed by atoms with Crippen LogP contribution < -0.4 is 11.1 Å². The van der Waals surface area contributed by atoms with Gasteiger partial charge in [-0.2, -0.15) is 0 Å². The molecule has 0 unspecified atom stereocenters. The Bertz CT molecular complexity index is 612. The van der Waals surface area contributed by atoms with E-state index in [4.69, 9.17) is 5.73 Å². The summed E-state index contributed by atoms with van der Waals surface area (Å²) in [6.45, 7) is 10.4. The summed E-state index contributed by atoms with van der Waals surface area (Å²) >= 11 is 0. The SMILES string of the molecule is Cc1cc(N)c(C=O)c(CN2CCC(C(=O)NC(C)(C)C)CC2)c1. The number of benzene rings is 1. The van der Waals surface area contributed by atoms with Gasteiger partial charge in [-0.3, -0.25) is 14.5 Å². The highest BCUT2D eigenvalue weighted by atomic mass is 16.2. The van der Waals surface area contributed by atoms with Gasteiger partial charge in [-0.1, -0.05) is 6.07 Å². The molecule has 1 aromatic rings. The fourth-order valence-electron chi connectivity index (χ4n) is 3.24. The van der Waals surface area contributed by atoms with E-state index in [0.29, 0.717) is 17.8 Å². The minimum absolute atomic E-state index is 0.0774. The van der Waals surface area contributed by atoms with E-state index in [1.54, 1.807) is 0 Å². The smallest absolute Gasteiger partial charge is 0.223 e. The first-order valence-corrected chi connectivity index (χ1v) is 8.58. The van der Waals surface area contributed by atoms with Crippen molar-refractivity contribution >= 4 is 17.9 Å². The fourth-order valence-corrected chi connectivity index (χ4v) is 3.24. The molecule has 5 nitrogen and oxygen atoms in total. The summed E-state index contributed by atoms with van der Waals surface area (Å²) in [5, 5.41) is 3.07. The van der Waals surface area contributed by atoms with Crippen molar-refractivity contribution in [1.82, 2.24) is 10.2 Å². The first-order chi connectivity index (χ1) is 11.2. The molecule has 132 valence electrons. The Morgan fingerprint density at radius 3 is 2.50 bits per heavy atom. The number of aldehydes is 1. The van der Waals surface area contributed by atoms with E-state index in [0.717, 1.165) is 43.3 Å². The lowest BCUT2D eigenvalue weighted by molar-refractivity contribution is -0.127. The van der Waals surface area contributed by atoms with Gasteiger partial charge in [0.2, 0.25) is 5.91 Å². The quantitative estimate of drug-likeness (QED) is 0.657. The van der Waals surface area contributed by atoms with E-state index in [9.17, 15) is 9.59 Å². The van der Waals surface area contributed by atoms with Crippen LogP contribution in [0.5, 0.6) is 0 Å². The van der Waals surface area contributed by atoms with Crippen molar-refractivity contribution in [2.75, 3.05) is 18.8 Å². The molecule has 0 aliphatic carbocycles. The van der Waals surface area contributed by atoms with Gasteiger partial charge < -0.3 is 11.1 Å². The molecule has 24 heavy (non-hydrogen) atoms. The van der Waals surface area contributed by atoms with Crippen molar-refractivity contribution in [1.29, 1.82) is 0 Å². The molecule has 0 radical (unpaired) electrons. The number of anilines is 1. The van der Waals surface area contributed by atoms with Gasteiger partial charge in [0.15, 0.2) is 6.29 Å². The van der Waals surface area contributed by atoms with Crippen molar-refractivity contribution in [3.63, 3.8) is 0 Å². The lowest BCUT2D eigenvalue weighted by Gasteiger charge is -2.33. The second kappa shape index (κ2) is 7.34. The van der Waals surface area contributed by atoms with Crippen molar-refractivity contribution in [2.24, 2.45) is 5.92 Å². The van der Waals surface area contributed by atoms with Crippen LogP contribution >= 0.6 is 0 Å². The van der Waals surface area contributed by atoms with E-state index in [2.05, 4.69) is 10.2 Å². The summed E-state index contributed by atoms with van der Waals surface area (Å²) in [5.41, 5.74) is 8.93. The summed E-state index contributed by atoms with van der Waals surface area (Å²) in [6, 6.07) is 3.86. The number of hydrogen-bond acceptors (Lipinski definition) is 4. The van der Waals surface area contributed by atoms with Crippen LogP contribution in [0.4, 0.5) is 5.69 Å². The minimum Gasteiger partial charge on any atom is -0.398 e. The van der Waals surface area contributed by atoms with Crippen LogP contribution in [0.15, 0.2) is 12.1 Å². The number of carbonyl (C=O) groups excluding carboxylic acids is 2. The Morgan fingerprint density at radius 1 is 1.33 bits per heavy atom. The predicted molar refractivity (Wildman–Crippen MR) is 96.9 cm³/mol. The second-order valence-corrected chi connectivity index (χ2v) is 7.83. The van der Waals surface area contributed by atoms with Crippen molar-refractivity contribution in [3.05, 3.63) is 28.8 Å². The molecule has 1 fully saturated rings. The highest BCUT2D eigenvalue weighted by Crippen LogP contribution is 2.23. The third kappa shape index (κ3) is 4.81. The maximum atomic E-state index is 12.3. The van der Waals surface area contributed by atoms with Crippen LogP contribution in [0.2, 0.25) is 0 Å². The summed E-state index contributed by atoms with van der Waals surface area (Å²) in [4.78, 5) is 25.9. The number of rotatable bonds is 4. The Kier molecular flexibility index (Phi) is 5.65. The van der Waals surface area contributed by atoms with Crippen LogP contribution in [0, 0.1) is 12.8 Å². The number of hydrogen-bond donors (Lipinski definition) is 2. The Labute approximate surface area is 144 Å². The van der Waals surface area contributed by atoms with Crippen molar-refractivity contribution in [3.8, 4) is 0 Å². The van der Waals surface area contributed by atoms with Gasteiger partial charge in [0.1, 0.15) is 0 Å². The molecule has 0 saturated carbocycles. The first-order valence-electron chi connectivity index (χ1n) is 8.58. The molecule has 1 heterocycles. The third-order valence-corrected chi connectivity index (χ3v) is 4.41. The summed E-state index contributed by atoms with van der Waals surface area (Å²) < 4.78 is 0. The zero-order chi connectivity index (χ0) is 17.9. The molecule has 0 bridgehead atoms. The summed E-state index contributed by atoms with van der Waals surface area (Å²) in [6.07, 6.45) is 2.53. The van der Waals surface area contributed by atoms with E-state index >= 15 is 0 Å². The normalized spacial score (nSPS) is 16.8. The largest absolute Gasteiger partial charge is 0.398 e. The second-order valence-electron chi connectivity index (χ2n) is 7.83. The van der Waals surface area contributed by atoms with E-state index in [1.165, 1.54) is 0 Å². The summed E-state index contributed by atoms with van der Waals surface area (Å²) in [7, 11) is 0. The van der Waals surface area contributed by atoms with E-state index in [-0.39, 0.29) is 17.4 Å². The number of piperidine rings is 1. The molecule has 1 saturated heterocycles. The van der Waals surface area contributed by atoms with E-state index < -0.39 is 0 Å². The van der Waals surface area contributed by atoms with Crippen molar-refractivity contribution < 1.29 is 9.59 Å². The van der Waals surface area contributed by atoms with Crippen LogP contribution in [0.25, 0.3) is 0 Å². The number of amides is 1. The lowest BCUT2D eigenvalue weighted by atomic mass is 9.93. The first kappa shape index (κ1) is 18.5. The molecule has 3 N–H and O–H groups in total. The Morgan fingerprint density at radius 2 is 1.96 bits per heavy atom. The van der Waals surface area contributed by atoms with Gasteiger partial charge in [0, 0.05) is 29.3 Å². The molecule has 1 aliphatic heterocycles. The van der Waals surface area contributed by atoms with Gasteiger partial charge in [-0.15, -0.1) is 0 Å². The van der Waals surface area contributed by atoms with Gasteiger partial charge >= 0.3 is 0 Å². The number of likely N-dealkylation sites (tertiary alicyclic amines) is 1. The van der Waals surface area contributed by atoms with Gasteiger partial charge in [0.05, 0.1) is 0 Å². The monoisotopic (exact) mass is 331 g/mol. The average molecular weight is 331 g/mol. The molecule has 0 atom stereocenters. The highest BCUT2D eigenvalue weighted by molar-refractivity contribution is 5.85. The number of nitrogen functional groups attached to an aromatic ring is 1. The van der Waals surface area contributed by atoms with E-state index in [1.807, 2.05) is 39.8 Å². The maximum Gasteiger partial charge on any atom is 0.223 e. The predicted octanol–water partition coefficient (Wildman–Crippen LogP) is 2.52. The lowest BCUT2D eigenvalue weighted by Crippen LogP contribution is -2.46. The molecule has 5 heteroatoms. The zero-order valence-electron chi connectivity index (χ0n) is 15.2. The van der Waals surface area contributed by atoms with Gasteiger partial charge in [-0.05, 0) is 70.8 Å². The van der Waals surface area contributed by atoms with Crippen LogP contribution in [0.1, 0.15) is 55.1 Å². The van der Waals surface area contributed by atoms with Crippen molar-refractivity contribution in [2.45, 2.75) is 52.6 Å². The van der Waals surface area contributed by atoms with Crippen LogP contribution in [0.3, 0.4) is 0 Å². The molecule has 1 amide bonds. The molecule has 0 aromatic heterocycles. The number of nitrogens with two attached hydrogens (primary N) is 1. The molecule has 1 aliphatic rings. The van der Waals surface area contributed by atoms with Crippen LogP contribution in [-0.4, -0.2) is 35.7 Å². The van der Waals surface area contributed by atoms with Crippen LogP contribution in [-0.2, 0) is 11.3 Å². The zero-order valence-corrected chi connectivity index (χ0v) is 15.2. The molecule has 2 rings (SSSR count). The topological polar surface area (TPSA) is 75.4 Å². The summed E-state index contributed by atoms with van der Waals surface area (Å²) in [5.74, 6) is 0.226. The third-order valence-electron chi connectivity index (χ3n) is 4.41. The minimum atomic E-state index is -0.188.